The number of hydrogen-bond acceptors (Lipinski definition) is 13. The third-order valence-corrected chi connectivity index (χ3v) is 18.8. The maximum absolute atomic E-state index is 14.4. The molecule has 2 aliphatic rings. The van der Waals surface area contributed by atoms with Crippen molar-refractivity contribution in [2.75, 3.05) is 71.4 Å². The first kappa shape index (κ1) is 58.6. The Morgan fingerprint density at radius 2 is 1.43 bits per heavy atom. The number of halogens is 4. The maximum Gasteiger partial charge on any atom is 0.501 e. The molecule has 7 aromatic rings. The zero-order valence-corrected chi connectivity index (χ0v) is 47.5. The number of esters is 1. The monoisotopic (exact) mass is 1180 g/mol. The molecule has 81 heavy (non-hydrogen) atoms. The molecule has 0 radical (unpaired) electrons. The van der Waals surface area contributed by atoms with Crippen LogP contribution in [0.4, 0.5) is 35.9 Å². The predicted molar refractivity (Wildman–Crippen MR) is 311 cm³/mol. The van der Waals surface area contributed by atoms with Gasteiger partial charge in [0, 0.05) is 102 Å². The molecule has 0 bridgehead atoms. The van der Waals surface area contributed by atoms with E-state index >= 15 is 0 Å². The van der Waals surface area contributed by atoms with Crippen molar-refractivity contribution in [1.82, 2.24) is 9.47 Å². The zero-order valence-electron chi connectivity index (χ0n) is 44.3. The van der Waals surface area contributed by atoms with Gasteiger partial charge in [0.15, 0.2) is 0 Å². The quantitative estimate of drug-likeness (QED) is 0.0320. The number of carbonyl (C=O) groups excluding carboxylic acids is 1. The van der Waals surface area contributed by atoms with Gasteiger partial charge in [0.25, 0.3) is 19.9 Å². The summed E-state index contributed by atoms with van der Waals surface area (Å²) in [7, 11) is -10.7. The highest BCUT2D eigenvalue weighted by Crippen LogP contribution is 2.42. The Balaban J connectivity index is 0.904. The number of hydrogen-bond donors (Lipinski definition) is 4. The van der Waals surface area contributed by atoms with Crippen molar-refractivity contribution in [1.29, 1.82) is 0 Å². The number of likely N-dealkylation sites (tertiary alicyclic amines) is 1. The van der Waals surface area contributed by atoms with E-state index in [1.165, 1.54) is 48.2 Å². The number of carboxylic acids is 1. The molecule has 0 aliphatic carbocycles. The molecule has 1 aromatic heterocycles. The number of carbonyl (C=O) groups is 2. The summed E-state index contributed by atoms with van der Waals surface area (Å²) in [6.07, 6.45) is 1.20. The van der Waals surface area contributed by atoms with Gasteiger partial charge in [-0.2, -0.15) is 13.2 Å². The van der Waals surface area contributed by atoms with Gasteiger partial charge in [-0.15, -0.1) is 11.8 Å². The minimum atomic E-state index is -6.05. The van der Waals surface area contributed by atoms with E-state index in [9.17, 15) is 49.8 Å². The average molecular weight is 1190 g/mol. The Morgan fingerprint density at radius 1 is 0.778 bits per heavy atom. The van der Waals surface area contributed by atoms with Gasteiger partial charge in [0.2, 0.25) is 0 Å². The summed E-state index contributed by atoms with van der Waals surface area (Å²) < 4.78 is 108. The van der Waals surface area contributed by atoms with E-state index in [-0.39, 0.29) is 22.7 Å². The predicted octanol–water partition coefficient (Wildman–Crippen LogP) is 11.6. The zero-order chi connectivity index (χ0) is 57.6. The van der Waals surface area contributed by atoms with Crippen LogP contribution in [0.25, 0.3) is 22.4 Å². The SMILES string of the molecule is CCn1c(C)c(C(=O)Oc2ccc(C(=O)O)cc2)c(-c2cccc(N3CCN(c4ccc(NS(=O)(=O)c5ccc(NC(CCN6CCC(O)CC6)CSc6ccccc6)c(S(=O)(=O)C(F)(F)F)c5)cc4)CC3)c2)c1-c1ccc(Cl)cc1. The molecule has 0 spiro atoms. The number of sulfone groups is 1. The second-order valence-electron chi connectivity index (χ2n) is 19.8. The van der Waals surface area contributed by atoms with Crippen LogP contribution < -0.4 is 24.6 Å². The molecule has 4 N–H and O–H groups in total. The number of nitrogens with zero attached hydrogens (tertiary/aromatic N) is 4. The molecular weight excluding hydrogens is 1130 g/mol. The number of anilines is 4. The van der Waals surface area contributed by atoms with E-state index in [0.717, 1.165) is 45.2 Å². The number of sulfonamides is 1. The van der Waals surface area contributed by atoms with Crippen molar-refractivity contribution in [2.45, 2.75) is 72.0 Å². The molecule has 2 saturated heterocycles. The lowest BCUT2D eigenvalue weighted by molar-refractivity contribution is -0.0436. The molecule has 2 aliphatic heterocycles. The minimum absolute atomic E-state index is 0.0521. The fourth-order valence-corrected chi connectivity index (χ4v) is 13.4. The molecule has 0 saturated carbocycles. The van der Waals surface area contributed by atoms with Crippen LogP contribution in [-0.4, -0.2) is 118 Å². The van der Waals surface area contributed by atoms with E-state index < -0.39 is 59.2 Å². The second-order valence-corrected chi connectivity index (χ2v) is 24.9. The molecule has 15 nitrogen and oxygen atoms in total. The van der Waals surface area contributed by atoms with Crippen LogP contribution in [0, 0.1) is 6.92 Å². The molecular formula is C59H60ClF3N6O9S3. The van der Waals surface area contributed by atoms with Gasteiger partial charge in [0.1, 0.15) is 10.6 Å². The number of nitrogens with one attached hydrogen (secondary N) is 2. The number of alkyl halides is 3. The molecule has 0 amide bonds. The lowest BCUT2D eigenvalue weighted by Gasteiger charge is -2.37. The Kier molecular flexibility index (Phi) is 18.1. The Bertz CT molecular complexity index is 3600. The number of aromatic nitrogens is 1. The maximum atomic E-state index is 14.4. The summed E-state index contributed by atoms with van der Waals surface area (Å²) in [5, 5.41) is 23.0. The van der Waals surface area contributed by atoms with Gasteiger partial charge in [-0.1, -0.05) is 54.1 Å². The first-order chi connectivity index (χ1) is 38.7. The number of aliphatic hydroxyl groups is 1. The number of ether oxygens (including phenoxy) is 1. The smallest absolute Gasteiger partial charge is 0.478 e. The minimum Gasteiger partial charge on any atom is -0.478 e. The summed E-state index contributed by atoms with van der Waals surface area (Å²) >= 11 is 7.77. The highest BCUT2D eigenvalue weighted by molar-refractivity contribution is 7.99. The molecule has 22 heteroatoms. The van der Waals surface area contributed by atoms with Gasteiger partial charge in [0.05, 0.1) is 33.5 Å². The summed E-state index contributed by atoms with van der Waals surface area (Å²) in [4.78, 5) is 31.3. The first-order valence-electron chi connectivity index (χ1n) is 26.3. The topological polar surface area (TPSA) is 191 Å². The molecule has 3 heterocycles. The third-order valence-electron chi connectivity index (χ3n) is 14.5. The number of piperazine rings is 1. The van der Waals surface area contributed by atoms with Gasteiger partial charge in [-0.25, -0.2) is 26.4 Å². The largest absolute Gasteiger partial charge is 0.501 e. The van der Waals surface area contributed by atoms with Crippen LogP contribution in [0.1, 0.15) is 52.6 Å². The van der Waals surface area contributed by atoms with Crippen molar-refractivity contribution in [3.8, 4) is 28.1 Å². The van der Waals surface area contributed by atoms with Gasteiger partial charge in [-0.05, 0) is 147 Å². The van der Waals surface area contributed by atoms with Gasteiger partial charge >= 0.3 is 17.4 Å². The summed E-state index contributed by atoms with van der Waals surface area (Å²) in [5.74, 6) is -1.17. The van der Waals surface area contributed by atoms with Crippen LogP contribution >= 0.6 is 23.4 Å². The Labute approximate surface area is 478 Å². The van der Waals surface area contributed by atoms with Gasteiger partial charge in [-0.3, -0.25) is 4.72 Å². The molecule has 1 atom stereocenters. The standard InChI is InChI=1S/C59H60ClF3N6O9S3/c1-3-69-39(2)54(58(73)78-49-22-14-41(15-23-49)57(71)72)55(56(69)40-12-16-43(60)17-13-40)42-8-7-9-47(36-42)68-34-32-67(33-35-68)46-20-18-44(19-21-46)65-81(76,77)51-24-25-52(53(37-51)80(74,75)59(61,62)63)64-45(38-79-50-10-5-4-6-11-50)26-29-66-30-27-48(70)28-31-66/h4-25,36-37,45,48,64-65,70H,3,26-35,38H2,1-2H3,(H,71,72). The third kappa shape index (κ3) is 13.7. The normalized spacial score (nSPS) is 15.1. The highest BCUT2D eigenvalue weighted by atomic mass is 35.5. The fourth-order valence-electron chi connectivity index (χ4n) is 10.2. The van der Waals surface area contributed by atoms with E-state index in [2.05, 4.69) is 29.3 Å². The number of aliphatic hydroxyl groups excluding tert-OH is 1. The lowest BCUT2D eigenvalue weighted by Crippen LogP contribution is -2.46. The highest BCUT2D eigenvalue weighted by Gasteiger charge is 2.48. The molecule has 1 unspecified atom stereocenters. The molecule has 9 rings (SSSR count). The van der Waals surface area contributed by atoms with Crippen LogP contribution in [-0.2, 0) is 26.4 Å². The molecule has 426 valence electrons. The number of benzene rings is 6. The van der Waals surface area contributed by atoms with Crippen LogP contribution in [0.15, 0.2) is 160 Å². The fraction of sp³-hybridized carbons (Fsp3) is 0.288. The van der Waals surface area contributed by atoms with Crippen molar-refractivity contribution < 1.29 is 54.5 Å². The Morgan fingerprint density at radius 3 is 2.06 bits per heavy atom. The number of piperidine rings is 1. The van der Waals surface area contributed by atoms with E-state index in [4.69, 9.17) is 16.3 Å². The average Bonchev–Trinajstić information content (AvgIpc) is 3.53. The van der Waals surface area contributed by atoms with Crippen molar-refractivity contribution in [2.24, 2.45) is 0 Å². The van der Waals surface area contributed by atoms with E-state index in [1.54, 1.807) is 24.3 Å². The summed E-state index contributed by atoms with van der Waals surface area (Å²) in [6, 6.07) is 38.9. The lowest BCUT2D eigenvalue weighted by atomic mass is 9.96. The van der Waals surface area contributed by atoms with Crippen LogP contribution in [0.2, 0.25) is 5.02 Å². The number of rotatable bonds is 20. The van der Waals surface area contributed by atoms with Gasteiger partial charge < -0.3 is 39.5 Å². The van der Waals surface area contributed by atoms with Crippen molar-refractivity contribution in [3.63, 3.8) is 0 Å². The van der Waals surface area contributed by atoms with E-state index in [1.807, 2.05) is 80.6 Å². The van der Waals surface area contributed by atoms with Crippen molar-refractivity contribution >= 4 is 77.9 Å². The molecule has 2 fully saturated rings. The Hall–Kier alpha value is -7.01. The summed E-state index contributed by atoms with van der Waals surface area (Å²) in [6.45, 7) is 8.49. The second kappa shape index (κ2) is 25.0. The first-order valence-corrected chi connectivity index (χ1v) is 30.6. The van der Waals surface area contributed by atoms with Crippen LogP contribution in [0.5, 0.6) is 5.75 Å². The number of thioether (sulfide) groups is 1. The molecule has 6 aromatic carbocycles. The number of aromatic carboxylic acids is 1. The van der Waals surface area contributed by atoms with E-state index in [0.29, 0.717) is 105 Å². The van der Waals surface area contributed by atoms with Crippen molar-refractivity contribution in [3.05, 3.63) is 167 Å². The van der Waals surface area contributed by atoms with Crippen LogP contribution in [0.3, 0.4) is 0 Å². The summed E-state index contributed by atoms with van der Waals surface area (Å²) in [5.41, 5.74) is -0.218. The number of carboxylic acid groups (broad SMARTS) is 1.